The molecular weight excluding hydrogens is 230 g/mol. The highest BCUT2D eigenvalue weighted by Gasteiger charge is 2.17. The molecule has 1 aromatic heterocycles. The second-order valence-corrected chi connectivity index (χ2v) is 5.42. The first-order chi connectivity index (χ1) is 7.99. The van der Waals surface area contributed by atoms with Crippen LogP contribution in [0.3, 0.4) is 0 Å². The third kappa shape index (κ3) is 2.29. The van der Waals surface area contributed by atoms with E-state index >= 15 is 0 Å². The fraction of sp³-hybridized carbons (Fsp3) is 0.286. The van der Waals surface area contributed by atoms with Crippen molar-refractivity contribution in [3.8, 4) is 0 Å². The van der Waals surface area contributed by atoms with Gasteiger partial charge >= 0.3 is 0 Å². The summed E-state index contributed by atoms with van der Waals surface area (Å²) in [5, 5.41) is 2.76. The van der Waals surface area contributed by atoms with Crippen LogP contribution >= 0.6 is 11.3 Å². The molecule has 1 aromatic carbocycles. The molecule has 0 aliphatic rings. The quantitative estimate of drug-likeness (QED) is 0.756. The van der Waals surface area contributed by atoms with Gasteiger partial charge in [-0.25, -0.2) is 4.98 Å². The minimum atomic E-state index is 0.0318. The van der Waals surface area contributed by atoms with Gasteiger partial charge in [0.1, 0.15) is 5.69 Å². The third-order valence-corrected chi connectivity index (χ3v) is 3.53. The molecule has 0 bridgehead atoms. The van der Waals surface area contributed by atoms with E-state index in [0.717, 1.165) is 21.7 Å². The van der Waals surface area contributed by atoms with Crippen LogP contribution in [0.25, 0.3) is 0 Å². The van der Waals surface area contributed by atoms with Gasteiger partial charge in [0.25, 0.3) is 0 Å². The fourth-order valence-corrected chi connectivity index (χ4v) is 2.73. The van der Waals surface area contributed by atoms with Crippen molar-refractivity contribution in [2.24, 2.45) is 0 Å². The SMILES string of the molecule is Cc1cc(C)c(C(=O)c2csc(C)n2)c(C)c1. The summed E-state index contributed by atoms with van der Waals surface area (Å²) in [6, 6.07) is 4.08. The van der Waals surface area contributed by atoms with Crippen molar-refractivity contribution in [2.75, 3.05) is 0 Å². The van der Waals surface area contributed by atoms with Crippen LogP contribution in [0.1, 0.15) is 37.7 Å². The zero-order valence-electron chi connectivity index (χ0n) is 10.5. The van der Waals surface area contributed by atoms with E-state index in [2.05, 4.69) is 4.98 Å². The zero-order valence-corrected chi connectivity index (χ0v) is 11.3. The van der Waals surface area contributed by atoms with Crippen molar-refractivity contribution in [2.45, 2.75) is 27.7 Å². The molecule has 0 radical (unpaired) electrons. The molecule has 0 aliphatic heterocycles. The number of ketones is 1. The van der Waals surface area contributed by atoms with E-state index in [4.69, 9.17) is 0 Å². The van der Waals surface area contributed by atoms with Crippen molar-refractivity contribution >= 4 is 17.1 Å². The lowest BCUT2D eigenvalue weighted by Gasteiger charge is -2.08. The summed E-state index contributed by atoms with van der Waals surface area (Å²) >= 11 is 1.51. The Morgan fingerprint density at radius 3 is 2.18 bits per heavy atom. The molecule has 3 heteroatoms. The van der Waals surface area contributed by atoms with E-state index in [9.17, 15) is 4.79 Å². The molecule has 17 heavy (non-hydrogen) atoms. The Morgan fingerprint density at radius 1 is 1.12 bits per heavy atom. The first-order valence-electron chi connectivity index (χ1n) is 5.53. The molecule has 0 aliphatic carbocycles. The fourth-order valence-electron chi connectivity index (χ4n) is 2.13. The van der Waals surface area contributed by atoms with E-state index in [0.29, 0.717) is 5.69 Å². The number of nitrogens with zero attached hydrogens (tertiary/aromatic N) is 1. The van der Waals surface area contributed by atoms with Crippen molar-refractivity contribution in [3.05, 3.63) is 50.5 Å². The highest BCUT2D eigenvalue weighted by molar-refractivity contribution is 7.09. The van der Waals surface area contributed by atoms with Crippen molar-refractivity contribution in [1.82, 2.24) is 4.98 Å². The highest BCUT2D eigenvalue weighted by Crippen LogP contribution is 2.21. The lowest BCUT2D eigenvalue weighted by molar-refractivity contribution is 0.103. The maximum atomic E-state index is 12.4. The Kier molecular flexibility index (Phi) is 3.11. The van der Waals surface area contributed by atoms with Gasteiger partial charge in [-0.15, -0.1) is 11.3 Å². The molecule has 2 rings (SSSR count). The van der Waals surface area contributed by atoms with Gasteiger partial charge in [0.15, 0.2) is 0 Å². The predicted molar refractivity (Wildman–Crippen MR) is 70.9 cm³/mol. The van der Waals surface area contributed by atoms with E-state index in [1.807, 2.05) is 45.2 Å². The zero-order chi connectivity index (χ0) is 12.6. The minimum Gasteiger partial charge on any atom is -0.287 e. The summed E-state index contributed by atoms with van der Waals surface area (Å²) in [4.78, 5) is 16.6. The average Bonchev–Trinajstić information content (AvgIpc) is 2.63. The number of thiazole rings is 1. The Labute approximate surface area is 105 Å². The Bertz CT molecular complexity index is 561. The van der Waals surface area contributed by atoms with Crippen molar-refractivity contribution in [3.63, 3.8) is 0 Å². The van der Waals surface area contributed by atoms with Crippen molar-refractivity contribution in [1.29, 1.82) is 0 Å². The van der Waals surface area contributed by atoms with Gasteiger partial charge in [0.05, 0.1) is 5.01 Å². The molecule has 88 valence electrons. The molecule has 0 saturated carbocycles. The second kappa shape index (κ2) is 4.41. The molecule has 0 amide bonds. The first kappa shape index (κ1) is 12.0. The number of carbonyl (C=O) groups excluding carboxylic acids is 1. The van der Waals surface area contributed by atoms with Crippen LogP contribution in [0.4, 0.5) is 0 Å². The molecule has 0 atom stereocenters. The molecule has 0 unspecified atom stereocenters. The van der Waals surface area contributed by atoms with Crippen LogP contribution in [0.2, 0.25) is 0 Å². The minimum absolute atomic E-state index is 0.0318. The topological polar surface area (TPSA) is 30.0 Å². The smallest absolute Gasteiger partial charge is 0.212 e. The van der Waals surface area contributed by atoms with E-state index in [-0.39, 0.29) is 5.78 Å². The molecule has 0 saturated heterocycles. The van der Waals surface area contributed by atoms with Crippen LogP contribution in [-0.4, -0.2) is 10.8 Å². The van der Waals surface area contributed by atoms with Crippen LogP contribution < -0.4 is 0 Å². The number of aromatic nitrogens is 1. The van der Waals surface area contributed by atoms with Crippen LogP contribution in [0, 0.1) is 27.7 Å². The summed E-state index contributed by atoms with van der Waals surface area (Å²) in [7, 11) is 0. The van der Waals surface area contributed by atoms with Crippen LogP contribution in [0.5, 0.6) is 0 Å². The monoisotopic (exact) mass is 245 g/mol. The van der Waals surface area contributed by atoms with E-state index < -0.39 is 0 Å². The summed E-state index contributed by atoms with van der Waals surface area (Å²) in [6.45, 7) is 7.91. The van der Waals surface area contributed by atoms with Crippen LogP contribution in [-0.2, 0) is 0 Å². The predicted octanol–water partition coefficient (Wildman–Crippen LogP) is 3.61. The van der Waals surface area contributed by atoms with Gasteiger partial charge in [-0.05, 0) is 38.8 Å². The number of aryl methyl sites for hydroxylation is 4. The number of carbonyl (C=O) groups is 1. The highest BCUT2D eigenvalue weighted by atomic mass is 32.1. The lowest BCUT2D eigenvalue weighted by Crippen LogP contribution is -2.07. The standard InChI is InChI=1S/C14H15NOS/c1-8-5-9(2)13(10(3)6-8)14(16)12-7-17-11(4)15-12/h5-7H,1-4H3. The van der Waals surface area contributed by atoms with Gasteiger partial charge in [-0.3, -0.25) is 4.79 Å². The molecule has 2 nitrogen and oxygen atoms in total. The van der Waals surface area contributed by atoms with Gasteiger partial charge in [-0.2, -0.15) is 0 Å². The first-order valence-corrected chi connectivity index (χ1v) is 6.41. The number of rotatable bonds is 2. The molecule has 2 aromatic rings. The van der Waals surface area contributed by atoms with Gasteiger partial charge < -0.3 is 0 Å². The Morgan fingerprint density at radius 2 is 1.71 bits per heavy atom. The van der Waals surface area contributed by atoms with Crippen molar-refractivity contribution < 1.29 is 4.79 Å². The Hall–Kier alpha value is -1.48. The molecule has 1 heterocycles. The number of hydrogen-bond donors (Lipinski definition) is 0. The molecular formula is C14H15NOS. The largest absolute Gasteiger partial charge is 0.287 e. The second-order valence-electron chi connectivity index (χ2n) is 4.35. The lowest BCUT2D eigenvalue weighted by atomic mass is 9.95. The van der Waals surface area contributed by atoms with E-state index in [1.165, 1.54) is 16.9 Å². The summed E-state index contributed by atoms with van der Waals surface area (Å²) < 4.78 is 0. The summed E-state index contributed by atoms with van der Waals surface area (Å²) in [5.74, 6) is 0.0318. The average molecular weight is 245 g/mol. The third-order valence-electron chi connectivity index (χ3n) is 2.76. The maximum Gasteiger partial charge on any atom is 0.212 e. The van der Waals surface area contributed by atoms with Gasteiger partial charge in [-0.1, -0.05) is 17.7 Å². The van der Waals surface area contributed by atoms with Gasteiger partial charge in [0.2, 0.25) is 5.78 Å². The van der Waals surface area contributed by atoms with Crippen LogP contribution in [0.15, 0.2) is 17.5 Å². The van der Waals surface area contributed by atoms with Gasteiger partial charge in [0, 0.05) is 10.9 Å². The summed E-state index contributed by atoms with van der Waals surface area (Å²) in [5.41, 5.74) is 4.59. The maximum absolute atomic E-state index is 12.4. The van der Waals surface area contributed by atoms with E-state index in [1.54, 1.807) is 0 Å². The molecule has 0 spiro atoms. The molecule has 0 fully saturated rings. The number of benzene rings is 1. The normalized spacial score (nSPS) is 10.6. The molecule has 0 N–H and O–H groups in total. The number of hydrogen-bond acceptors (Lipinski definition) is 3. The Balaban J connectivity index is 2.51. The summed E-state index contributed by atoms with van der Waals surface area (Å²) in [6.07, 6.45) is 0.